The molecule has 0 spiro atoms. The second-order valence-electron chi connectivity index (χ2n) is 10.9. The molecular formula is C33H36N4OS. The first kappa shape index (κ1) is 25.6. The van der Waals surface area contributed by atoms with E-state index in [1.807, 2.05) is 18.3 Å². The summed E-state index contributed by atoms with van der Waals surface area (Å²) in [7, 11) is 0. The van der Waals surface area contributed by atoms with Crippen LogP contribution in [0.5, 0.6) is 5.75 Å². The Labute approximate surface area is 236 Å². The molecule has 1 saturated carbocycles. The summed E-state index contributed by atoms with van der Waals surface area (Å²) in [6.45, 7) is 8.79. The molecule has 1 aliphatic carbocycles. The standard InChI is InChI=1S/C33H36N4OS/c1-21-10-9-11-22(2)31(21)36-23(3)20-28(24(36)4)32-30(29-14-7-8-19-34-29)35-33(39)37(32)25-15-17-27(18-16-25)38-26-12-5-6-13-26/h7-11,14-20,26,30,32H,5-6,12-13H2,1-4H3,(H,35,39)/t30-,32-/m0/s1. The summed E-state index contributed by atoms with van der Waals surface area (Å²) in [5, 5.41) is 4.32. The van der Waals surface area contributed by atoms with E-state index in [2.05, 4.69) is 97.1 Å². The quantitative estimate of drug-likeness (QED) is 0.257. The molecule has 0 radical (unpaired) electrons. The van der Waals surface area contributed by atoms with Crippen molar-refractivity contribution in [1.29, 1.82) is 0 Å². The van der Waals surface area contributed by atoms with Crippen LogP contribution in [0, 0.1) is 27.7 Å². The average Bonchev–Trinajstić information content (AvgIpc) is 3.64. The number of pyridine rings is 1. The summed E-state index contributed by atoms with van der Waals surface area (Å²) in [4.78, 5) is 7.00. The Balaban J connectivity index is 1.43. The second kappa shape index (κ2) is 10.5. The molecule has 2 aromatic carbocycles. The lowest BCUT2D eigenvalue weighted by Gasteiger charge is -2.28. The third-order valence-electron chi connectivity index (χ3n) is 8.27. The minimum Gasteiger partial charge on any atom is -0.490 e. The minimum atomic E-state index is -0.0833. The van der Waals surface area contributed by atoms with E-state index in [-0.39, 0.29) is 12.1 Å². The number of benzene rings is 2. The van der Waals surface area contributed by atoms with Gasteiger partial charge in [0.25, 0.3) is 0 Å². The van der Waals surface area contributed by atoms with E-state index < -0.39 is 0 Å². The fourth-order valence-corrected chi connectivity index (χ4v) is 6.77. The highest BCUT2D eigenvalue weighted by molar-refractivity contribution is 7.80. The first-order valence-electron chi connectivity index (χ1n) is 13.9. The van der Waals surface area contributed by atoms with Gasteiger partial charge in [0.15, 0.2) is 5.11 Å². The molecule has 4 aromatic rings. The summed E-state index contributed by atoms with van der Waals surface area (Å²) in [6, 6.07) is 23.2. The molecule has 1 saturated heterocycles. The van der Waals surface area contributed by atoms with Gasteiger partial charge in [0.2, 0.25) is 0 Å². The van der Waals surface area contributed by atoms with Crippen LogP contribution in [-0.4, -0.2) is 20.8 Å². The zero-order chi connectivity index (χ0) is 27.1. The van der Waals surface area contributed by atoms with Gasteiger partial charge in [-0.25, -0.2) is 0 Å². The van der Waals surface area contributed by atoms with Crippen molar-refractivity contribution in [2.75, 3.05) is 4.90 Å². The van der Waals surface area contributed by atoms with Crippen LogP contribution in [0.4, 0.5) is 5.69 Å². The molecule has 2 atom stereocenters. The number of rotatable bonds is 6. The first-order chi connectivity index (χ1) is 18.9. The molecule has 0 amide bonds. The Morgan fingerprint density at radius 1 is 0.897 bits per heavy atom. The van der Waals surface area contributed by atoms with Crippen LogP contribution in [0.3, 0.4) is 0 Å². The topological polar surface area (TPSA) is 42.3 Å². The van der Waals surface area contributed by atoms with Crippen LogP contribution in [-0.2, 0) is 0 Å². The van der Waals surface area contributed by atoms with E-state index in [4.69, 9.17) is 21.9 Å². The van der Waals surface area contributed by atoms with Crippen molar-refractivity contribution in [1.82, 2.24) is 14.9 Å². The van der Waals surface area contributed by atoms with E-state index in [9.17, 15) is 0 Å². The minimum absolute atomic E-state index is 0.0572. The maximum absolute atomic E-state index is 6.25. The Hall–Kier alpha value is -3.64. The summed E-state index contributed by atoms with van der Waals surface area (Å²) in [6.07, 6.45) is 7.00. The molecule has 1 aliphatic heterocycles. The SMILES string of the molecule is Cc1cccc(C)c1-n1c(C)cc([C@H]2[C@H](c3ccccn3)NC(=S)N2c2ccc(OC3CCCC3)cc2)c1C. The van der Waals surface area contributed by atoms with Gasteiger partial charge < -0.3 is 19.5 Å². The summed E-state index contributed by atoms with van der Waals surface area (Å²) in [5.74, 6) is 0.926. The van der Waals surface area contributed by atoms with Crippen molar-refractivity contribution in [2.24, 2.45) is 0 Å². The third kappa shape index (κ3) is 4.71. The summed E-state index contributed by atoms with van der Waals surface area (Å²) >= 11 is 5.99. The lowest BCUT2D eigenvalue weighted by atomic mass is 9.96. The van der Waals surface area contributed by atoms with Gasteiger partial charge in [0.1, 0.15) is 5.75 Å². The number of aryl methyl sites for hydroxylation is 3. The largest absolute Gasteiger partial charge is 0.490 e. The van der Waals surface area contributed by atoms with Crippen LogP contribution >= 0.6 is 12.2 Å². The average molecular weight is 537 g/mol. The molecule has 0 unspecified atom stereocenters. The third-order valence-corrected chi connectivity index (χ3v) is 8.58. The van der Waals surface area contributed by atoms with Gasteiger partial charge in [0, 0.05) is 23.3 Å². The number of ether oxygens (including phenoxy) is 1. The number of para-hydroxylation sites is 1. The van der Waals surface area contributed by atoms with Crippen molar-refractivity contribution in [3.63, 3.8) is 0 Å². The summed E-state index contributed by atoms with van der Waals surface area (Å²) < 4.78 is 8.65. The lowest BCUT2D eigenvalue weighted by Crippen LogP contribution is -2.29. The molecule has 0 bridgehead atoms. The second-order valence-corrected chi connectivity index (χ2v) is 11.3. The highest BCUT2D eigenvalue weighted by Crippen LogP contribution is 2.44. The zero-order valence-corrected chi connectivity index (χ0v) is 24.0. The van der Waals surface area contributed by atoms with E-state index in [0.29, 0.717) is 11.2 Å². The summed E-state index contributed by atoms with van der Waals surface area (Å²) in [5.41, 5.74) is 9.47. The van der Waals surface area contributed by atoms with Gasteiger partial charge in [-0.2, -0.15) is 0 Å². The molecular weight excluding hydrogens is 500 g/mol. The van der Waals surface area contributed by atoms with Gasteiger partial charge in [0.05, 0.1) is 29.6 Å². The van der Waals surface area contributed by atoms with Crippen molar-refractivity contribution >= 4 is 23.0 Å². The fourth-order valence-electron chi connectivity index (χ4n) is 6.42. The number of anilines is 1. The normalized spacial score (nSPS) is 19.5. The van der Waals surface area contributed by atoms with Crippen molar-refractivity contribution in [3.05, 3.63) is 107 Å². The molecule has 1 N–H and O–H groups in total. The van der Waals surface area contributed by atoms with E-state index in [1.54, 1.807) is 0 Å². The molecule has 2 fully saturated rings. The molecule has 3 heterocycles. The first-order valence-corrected chi connectivity index (χ1v) is 14.4. The van der Waals surface area contributed by atoms with Crippen LogP contribution in [0.25, 0.3) is 5.69 Å². The van der Waals surface area contributed by atoms with Crippen molar-refractivity contribution in [3.8, 4) is 11.4 Å². The Morgan fingerprint density at radius 3 is 2.28 bits per heavy atom. The highest BCUT2D eigenvalue weighted by Gasteiger charge is 2.42. The number of thiocarbonyl (C=S) groups is 1. The van der Waals surface area contributed by atoms with Gasteiger partial charge in [-0.1, -0.05) is 24.3 Å². The van der Waals surface area contributed by atoms with E-state index in [1.165, 1.54) is 46.6 Å². The maximum Gasteiger partial charge on any atom is 0.174 e. The van der Waals surface area contributed by atoms with Crippen LogP contribution < -0.4 is 15.0 Å². The van der Waals surface area contributed by atoms with Gasteiger partial charge in [-0.15, -0.1) is 0 Å². The maximum atomic E-state index is 6.25. The Kier molecular flexibility index (Phi) is 6.90. The predicted molar refractivity (Wildman–Crippen MR) is 162 cm³/mol. The molecule has 6 heteroatoms. The lowest BCUT2D eigenvalue weighted by molar-refractivity contribution is 0.210. The van der Waals surface area contributed by atoms with Gasteiger partial charge in [-0.3, -0.25) is 4.98 Å². The molecule has 200 valence electrons. The Morgan fingerprint density at radius 2 is 1.62 bits per heavy atom. The molecule has 6 rings (SSSR count). The van der Waals surface area contributed by atoms with E-state index >= 15 is 0 Å². The Bertz CT molecular complexity index is 1470. The van der Waals surface area contributed by atoms with Gasteiger partial charge in [-0.05, 0) is 125 Å². The van der Waals surface area contributed by atoms with Crippen molar-refractivity contribution < 1.29 is 4.74 Å². The number of hydrogen-bond acceptors (Lipinski definition) is 3. The van der Waals surface area contributed by atoms with Gasteiger partial charge >= 0.3 is 0 Å². The monoisotopic (exact) mass is 536 g/mol. The van der Waals surface area contributed by atoms with Crippen LogP contribution in [0.1, 0.15) is 71.5 Å². The molecule has 2 aromatic heterocycles. The van der Waals surface area contributed by atoms with E-state index in [0.717, 1.165) is 30.0 Å². The predicted octanol–water partition coefficient (Wildman–Crippen LogP) is 7.60. The number of hydrogen-bond donors (Lipinski definition) is 1. The number of nitrogens with one attached hydrogen (secondary N) is 1. The smallest absolute Gasteiger partial charge is 0.174 e. The van der Waals surface area contributed by atoms with Crippen molar-refractivity contribution in [2.45, 2.75) is 71.6 Å². The molecule has 39 heavy (non-hydrogen) atoms. The number of aromatic nitrogens is 2. The zero-order valence-electron chi connectivity index (χ0n) is 23.1. The highest BCUT2D eigenvalue weighted by atomic mass is 32.1. The number of nitrogens with zero attached hydrogens (tertiary/aromatic N) is 3. The molecule has 2 aliphatic rings. The van der Waals surface area contributed by atoms with Crippen LogP contribution in [0.15, 0.2) is 72.9 Å². The fraction of sp³-hybridized carbons (Fsp3) is 0.333. The molecule has 5 nitrogen and oxygen atoms in total. The van der Waals surface area contributed by atoms with Crippen LogP contribution in [0.2, 0.25) is 0 Å².